The van der Waals surface area contributed by atoms with E-state index in [4.69, 9.17) is 0 Å². The van der Waals surface area contributed by atoms with E-state index in [0.717, 1.165) is 15.0 Å². The van der Waals surface area contributed by atoms with E-state index in [1.807, 2.05) is 0 Å². The maximum absolute atomic E-state index is 3.30. The van der Waals surface area contributed by atoms with Gasteiger partial charge in [-0.25, -0.2) is 0 Å². The standard InChI is InChI=1S/C4H9NSe.ClH/c1-3-6-4-2-5-1;/h5H,1-4H2;1H. The fraction of sp³-hybridized carbons (Fsp3) is 1.00. The number of hydrogen-bond acceptors (Lipinski definition) is 1. The molecule has 0 aromatic heterocycles. The van der Waals surface area contributed by atoms with E-state index in [-0.39, 0.29) is 12.4 Å². The molecule has 3 heteroatoms. The molecule has 44 valence electrons. The van der Waals surface area contributed by atoms with Crippen molar-refractivity contribution in [3.05, 3.63) is 0 Å². The van der Waals surface area contributed by atoms with E-state index < -0.39 is 0 Å². The molecule has 1 fully saturated rings. The van der Waals surface area contributed by atoms with Crippen molar-refractivity contribution in [1.82, 2.24) is 5.32 Å². The summed E-state index contributed by atoms with van der Waals surface area (Å²) in [6.07, 6.45) is 0. The Balaban J connectivity index is 0.000000360. The average molecular weight is 187 g/mol. The van der Waals surface area contributed by atoms with Gasteiger partial charge >= 0.3 is 44.0 Å². The number of nitrogens with one attached hydrogen (secondary N) is 1. The van der Waals surface area contributed by atoms with Crippen molar-refractivity contribution in [2.24, 2.45) is 0 Å². The summed E-state index contributed by atoms with van der Waals surface area (Å²) in [5, 5.41) is 6.20. The van der Waals surface area contributed by atoms with Crippen molar-refractivity contribution < 1.29 is 0 Å². The van der Waals surface area contributed by atoms with Crippen LogP contribution in [0.5, 0.6) is 0 Å². The predicted molar refractivity (Wildman–Crippen MR) is 35.5 cm³/mol. The van der Waals surface area contributed by atoms with Gasteiger partial charge < -0.3 is 0 Å². The molecule has 0 saturated carbocycles. The Bertz CT molecular complexity index is 27.2. The molecule has 1 rings (SSSR count). The van der Waals surface area contributed by atoms with E-state index in [1.165, 1.54) is 23.7 Å². The molecule has 0 aromatic carbocycles. The van der Waals surface area contributed by atoms with Crippen molar-refractivity contribution in [2.75, 3.05) is 13.1 Å². The van der Waals surface area contributed by atoms with Crippen LogP contribution in [0.4, 0.5) is 0 Å². The van der Waals surface area contributed by atoms with Crippen LogP contribution in [0.3, 0.4) is 0 Å². The Kier molecular flexibility index (Phi) is 5.46. The fourth-order valence-electron chi connectivity index (χ4n) is 0.516. The smallest absolute Gasteiger partial charge is 0.147 e. The Morgan fingerprint density at radius 2 is 1.71 bits per heavy atom. The molecule has 0 aliphatic carbocycles. The van der Waals surface area contributed by atoms with Gasteiger partial charge in [0.2, 0.25) is 0 Å². The second-order valence-electron chi connectivity index (χ2n) is 1.36. The molecule has 0 aromatic rings. The van der Waals surface area contributed by atoms with Gasteiger partial charge in [0.25, 0.3) is 0 Å². The zero-order chi connectivity index (χ0) is 4.24. The molecule has 1 nitrogen and oxygen atoms in total. The number of rotatable bonds is 0. The van der Waals surface area contributed by atoms with Crippen LogP contribution in [0, 0.1) is 0 Å². The van der Waals surface area contributed by atoms with Gasteiger partial charge in [-0.2, -0.15) is 0 Å². The monoisotopic (exact) mass is 187 g/mol. The molecule has 0 bridgehead atoms. The first-order valence-electron chi connectivity index (χ1n) is 2.28. The molecule has 1 aliphatic heterocycles. The van der Waals surface area contributed by atoms with Gasteiger partial charge in [0.15, 0.2) is 0 Å². The Labute approximate surface area is 56.8 Å². The number of hydrogen-bond donors (Lipinski definition) is 1. The van der Waals surface area contributed by atoms with Crippen LogP contribution in [0.2, 0.25) is 10.6 Å². The molecule has 7 heavy (non-hydrogen) atoms. The minimum absolute atomic E-state index is 0. The summed E-state index contributed by atoms with van der Waals surface area (Å²) >= 11 is 0.991. The summed E-state index contributed by atoms with van der Waals surface area (Å²) < 4.78 is 0. The third-order valence-corrected chi connectivity index (χ3v) is 2.91. The third-order valence-electron chi connectivity index (χ3n) is 0.846. The van der Waals surface area contributed by atoms with E-state index in [0.29, 0.717) is 0 Å². The van der Waals surface area contributed by atoms with Crippen LogP contribution < -0.4 is 5.32 Å². The Morgan fingerprint density at radius 3 is 1.86 bits per heavy atom. The van der Waals surface area contributed by atoms with Crippen LogP contribution in [0.15, 0.2) is 0 Å². The van der Waals surface area contributed by atoms with E-state index in [9.17, 15) is 0 Å². The number of halogens is 1. The van der Waals surface area contributed by atoms with Crippen molar-refractivity contribution in [3.63, 3.8) is 0 Å². The zero-order valence-corrected chi connectivity index (χ0v) is 6.67. The van der Waals surface area contributed by atoms with Gasteiger partial charge in [-0.05, 0) is 0 Å². The zero-order valence-electron chi connectivity index (χ0n) is 4.14. The maximum Gasteiger partial charge on any atom is -0.147 e. The van der Waals surface area contributed by atoms with Gasteiger partial charge in [0, 0.05) is 0 Å². The van der Waals surface area contributed by atoms with Gasteiger partial charge in [-0.1, -0.05) is 0 Å². The molecule has 0 unspecified atom stereocenters. The Hall–Kier alpha value is 0.769. The van der Waals surface area contributed by atoms with E-state index in [1.54, 1.807) is 0 Å². The average Bonchev–Trinajstić information content (AvgIpc) is 1.72. The first kappa shape index (κ1) is 7.77. The van der Waals surface area contributed by atoms with E-state index in [2.05, 4.69) is 5.32 Å². The van der Waals surface area contributed by atoms with Gasteiger partial charge in [0.05, 0.1) is 0 Å². The van der Waals surface area contributed by atoms with Crippen molar-refractivity contribution >= 4 is 27.4 Å². The first-order chi connectivity index (χ1) is 3.00. The van der Waals surface area contributed by atoms with E-state index >= 15 is 0 Å². The summed E-state index contributed by atoms with van der Waals surface area (Å²) in [6, 6.07) is 0. The second kappa shape index (κ2) is 4.92. The summed E-state index contributed by atoms with van der Waals surface area (Å²) in [5.74, 6) is 0. The molecule has 0 atom stereocenters. The van der Waals surface area contributed by atoms with Crippen LogP contribution in [-0.4, -0.2) is 28.0 Å². The molecule has 0 amide bonds. The maximum atomic E-state index is 3.30. The summed E-state index contributed by atoms with van der Waals surface area (Å²) in [5.41, 5.74) is 0. The summed E-state index contributed by atoms with van der Waals surface area (Å²) in [7, 11) is 0. The molecule has 1 N–H and O–H groups in total. The molecule has 0 spiro atoms. The van der Waals surface area contributed by atoms with Crippen molar-refractivity contribution in [3.8, 4) is 0 Å². The fourth-order valence-corrected chi connectivity index (χ4v) is 2.16. The Morgan fingerprint density at radius 1 is 1.14 bits per heavy atom. The van der Waals surface area contributed by atoms with Crippen LogP contribution in [-0.2, 0) is 0 Å². The SMILES string of the molecule is C1C[Se]CCN1.Cl. The molecule has 1 saturated heterocycles. The van der Waals surface area contributed by atoms with Crippen molar-refractivity contribution in [2.45, 2.75) is 10.6 Å². The van der Waals surface area contributed by atoms with Crippen LogP contribution >= 0.6 is 12.4 Å². The summed E-state index contributed by atoms with van der Waals surface area (Å²) in [6.45, 7) is 2.56. The van der Waals surface area contributed by atoms with Crippen molar-refractivity contribution in [1.29, 1.82) is 0 Å². The molecular formula is C4H10ClNSe. The summed E-state index contributed by atoms with van der Waals surface area (Å²) in [4.78, 5) is 0. The molecular weight excluding hydrogens is 176 g/mol. The topological polar surface area (TPSA) is 12.0 Å². The van der Waals surface area contributed by atoms with Crippen LogP contribution in [0.1, 0.15) is 0 Å². The molecule has 1 aliphatic rings. The predicted octanol–water partition coefficient (Wildman–Crippen LogP) is 0.552. The van der Waals surface area contributed by atoms with Crippen LogP contribution in [0.25, 0.3) is 0 Å². The quantitative estimate of drug-likeness (QED) is 0.545. The van der Waals surface area contributed by atoms with Gasteiger partial charge in [-0.15, -0.1) is 12.4 Å². The molecule has 0 radical (unpaired) electrons. The largest absolute Gasteiger partial charge is 0.147 e. The third kappa shape index (κ3) is 3.36. The molecule has 1 heterocycles. The van der Waals surface area contributed by atoms with Gasteiger partial charge in [0.1, 0.15) is 0 Å². The first-order valence-corrected chi connectivity index (χ1v) is 4.71. The normalized spacial score (nSPS) is 20.6. The second-order valence-corrected chi connectivity index (χ2v) is 3.93. The minimum atomic E-state index is 0. The van der Waals surface area contributed by atoms with Gasteiger partial charge in [-0.3, -0.25) is 0 Å². The minimum Gasteiger partial charge on any atom is -0.147 e.